The van der Waals surface area contributed by atoms with Crippen molar-refractivity contribution in [2.75, 3.05) is 19.5 Å². The number of alkyl halides is 1. The van der Waals surface area contributed by atoms with Gasteiger partial charge in [0.2, 0.25) is 5.79 Å². The fourth-order valence-corrected chi connectivity index (χ4v) is 3.39. The van der Waals surface area contributed by atoms with Crippen molar-refractivity contribution >= 4 is 15.9 Å². The monoisotopic (exact) mass is 376 g/mol. The summed E-state index contributed by atoms with van der Waals surface area (Å²) >= 11 is 3.50. The molecular formula is C20H25BrO2. The van der Waals surface area contributed by atoms with E-state index in [1.54, 1.807) is 14.2 Å². The van der Waals surface area contributed by atoms with Gasteiger partial charge in [0.1, 0.15) is 0 Å². The normalized spacial score (nSPS) is 11.6. The summed E-state index contributed by atoms with van der Waals surface area (Å²) in [6.45, 7) is 0. The van der Waals surface area contributed by atoms with Crippen molar-refractivity contribution in [3.63, 3.8) is 0 Å². The van der Waals surface area contributed by atoms with Gasteiger partial charge < -0.3 is 9.47 Å². The highest BCUT2D eigenvalue weighted by Crippen LogP contribution is 2.36. The van der Waals surface area contributed by atoms with Crippen LogP contribution in [0.1, 0.15) is 36.0 Å². The maximum atomic E-state index is 5.90. The zero-order valence-corrected chi connectivity index (χ0v) is 15.5. The van der Waals surface area contributed by atoms with Crippen molar-refractivity contribution < 1.29 is 9.47 Å². The average Bonchev–Trinajstić information content (AvgIpc) is 2.62. The average molecular weight is 377 g/mol. The molecule has 0 aliphatic rings. The van der Waals surface area contributed by atoms with Crippen LogP contribution in [-0.4, -0.2) is 19.5 Å². The van der Waals surface area contributed by atoms with Crippen molar-refractivity contribution in [1.29, 1.82) is 0 Å². The molecule has 0 saturated heterocycles. The van der Waals surface area contributed by atoms with E-state index in [0.29, 0.717) is 0 Å². The van der Waals surface area contributed by atoms with Crippen LogP contribution in [0.25, 0.3) is 0 Å². The van der Waals surface area contributed by atoms with Crippen molar-refractivity contribution in [2.24, 2.45) is 0 Å². The summed E-state index contributed by atoms with van der Waals surface area (Å²) in [7, 11) is 3.41. The van der Waals surface area contributed by atoms with Crippen LogP contribution in [0.3, 0.4) is 0 Å². The number of unbranched alkanes of at least 4 members (excludes halogenated alkanes) is 2. The molecule has 0 amide bonds. The van der Waals surface area contributed by atoms with Crippen LogP contribution >= 0.6 is 15.9 Å². The van der Waals surface area contributed by atoms with Crippen LogP contribution in [0.5, 0.6) is 0 Å². The van der Waals surface area contributed by atoms with Gasteiger partial charge in [-0.15, -0.1) is 0 Å². The predicted molar refractivity (Wildman–Crippen MR) is 99.0 cm³/mol. The Morgan fingerprint density at radius 1 is 0.826 bits per heavy atom. The van der Waals surface area contributed by atoms with Crippen LogP contribution in [0.2, 0.25) is 0 Å². The van der Waals surface area contributed by atoms with Crippen molar-refractivity contribution in [3.8, 4) is 0 Å². The molecule has 0 fully saturated rings. The van der Waals surface area contributed by atoms with E-state index in [1.807, 2.05) is 24.3 Å². The van der Waals surface area contributed by atoms with Gasteiger partial charge >= 0.3 is 0 Å². The van der Waals surface area contributed by atoms with E-state index in [2.05, 4.69) is 46.3 Å². The molecule has 0 radical (unpaired) electrons. The lowest BCUT2D eigenvalue weighted by Crippen LogP contribution is -2.33. The van der Waals surface area contributed by atoms with Crippen molar-refractivity contribution in [1.82, 2.24) is 0 Å². The van der Waals surface area contributed by atoms with E-state index in [9.17, 15) is 0 Å². The van der Waals surface area contributed by atoms with Gasteiger partial charge in [0, 0.05) is 30.7 Å². The minimum absolute atomic E-state index is 0.854. The molecule has 0 unspecified atom stereocenters. The standard InChI is InChI=1S/C20H25BrO2/c1-22-20(23-2,18-13-6-3-7-14-18)19-15-9-8-12-17(19)11-5-4-10-16-21/h3,6-9,12-15H,4-5,10-11,16H2,1-2H3. The molecule has 2 aromatic rings. The van der Waals surface area contributed by atoms with Crippen molar-refractivity contribution in [2.45, 2.75) is 31.5 Å². The second kappa shape index (κ2) is 9.21. The summed E-state index contributed by atoms with van der Waals surface area (Å²) < 4.78 is 11.8. The second-order valence-electron chi connectivity index (χ2n) is 5.55. The third kappa shape index (κ3) is 4.23. The van der Waals surface area contributed by atoms with Crippen LogP contribution in [0.4, 0.5) is 0 Å². The largest absolute Gasteiger partial charge is 0.346 e. The third-order valence-electron chi connectivity index (χ3n) is 4.18. The quantitative estimate of drug-likeness (QED) is 0.336. The first-order valence-corrected chi connectivity index (χ1v) is 9.21. The number of aryl methyl sites for hydroxylation is 1. The van der Waals surface area contributed by atoms with Gasteiger partial charge in [-0.2, -0.15) is 0 Å². The Labute approximate surface area is 148 Å². The van der Waals surface area contributed by atoms with Gasteiger partial charge in [-0.1, -0.05) is 76.9 Å². The Morgan fingerprint density at radius 2 is 1.48 bits per heavy atom. The summed E-state index contributed by atoms with van der Waals surface area (Å²) in [6, 6.07) is 18.6. The summed E-state index contributed by atoms with van der Waals surface area (Å²) in [5.74, 6) is -0.854. The lowest BCUT2D eigenvalue weighted by atomic mass is 9.90. The highest BCUT2D eigenvalue weighted by atomic mass is 79.9. The molecule has 2 rings (SSSR count). The Bertz CT molecular complexity index is 579. The van der Waals surface area contributed by atoms with E-state index in [0.717, 1.165) is 22.9 Å². The molecule has 0 N–H and O–H groups in total. The van der Waals surface area contributed by atoms with Crippen LogP contribution in [0, 0.1) is 0 Å². The highest BCUT2D eigenvalue weighted by Gasteiger charge is 2.36. The molecule has 0 heterocycles. The molecule has 0 aliphatic carbocycles. The SMILES string of the molecule is COC(OC)(c1ccccc1)c1ccccc1CCCCCBr. The minimum Gasteiger partial charge on any atom is -0.346 e. The molecule has 2 aromatic carbocycles. The Hall–Kier alpha value is -1.16. The van der Waals surface area contributed by atoms with Crippen molar-refractivity contribution in [3.05, 3.63) is 71.3 Å². The molecule has 2 nitrogen and oxygen atoms in total. The maximum absolute atomic E-state index is 5.90. The lowest BCUT2D eigenvalue weighted by molar-refractivity contribution is -0.184. The number of rotatable bonds is 9. The first-order chi connectivity index (χ1) is 11.3. The van der Waals surface area contributed by atoms with Gasteiger partial charge in [0.25, 0.3) is 0 Å². The fraction of sp³-hybridized carbons (Fsp3) is 0.400. The third-order valence-corrected chi connectivity index (χ3v) is 4.74. The number of hydrogen-bond acceptors (Lipinski definition) is 2. The first-order valence-electron chi connectivity index (χ1n) is 8.08. The zero-order valence-electron chi connectivity index (χ0n) is 13.9. The number of hydrogen-bond donors (Lipinski definition) is 0. The maximum Gasteiger partial charge on any atom is 0.222 e. The predicted octanol–water partition coefficient (Wildman–Crippen LogP) is 5.29. The molecule has 0 saturated carbocycles. The number of methoxy groups -OCH3 is 2. The molecule has 3 heteroatoms. The highest BCUT2D eigenvalue weighted by molar-refractivity contribution is 9.09. The summed E-state index contributed by atoms with van der Waals surface area (Å²) in [6.07, 6.45) is 4.63. The lowest BCUT2D eigenvalue weighted by Gasteiger charge is -2.33. The van der Waals surface area contributed by atoms with E-state index in [4.69, 9.17) is 9.47 Å². The topological polar surface area (TPSA) is 18.5 Å². The molecule has 0 bridgehead atoms. The summed E-state index contributed by atoms with van der Waals surface area (Å²) in [5.41, 5.74) is 3.39. The van der Waals surface area contributed by atoms with Gasteiger partial charge in [-0.3, -0.25) is 0 Å². The van der Waals surface area contributed by atoms with Crippen LogP contribution in [0.15, 0.2) is 54.6 Å². The van der Waals surface area contributed by atoms with E-state index in [1.165, 1.54) is 24.8 Å². The zero-order chi connectivity index (χ0) is 16.5. The molecule has 0 atom stereocenters. The Balaban J connectivity index is 2.36. The number of ether oxygens (including phenoxy) is 2. The Kier molecular flexibility index (Phi) is 7.28. The van der Waals surface area contributed by atoms with E-state index < -0.39 is 5.79 Å². The summed E-state index contributed by atoms with van der Waals surface area (Å²) in [5, 5.41) is 1.07. The van der Waals surface area contributed by atoms with E-state index >= 15 is 0 Å². The molecule has 0 aromatic heterocycles. The van der Waals surface area contributed by atoms with Gasteiger partial charge in [-0.05, 0) is 24.8 Å². The fourth-order valence-electron chi connectivity index (χ4n) is 3.00. The first kappa shape index (κ1) is 18.2. The molecule has 0 aliphatic heterocycles. The number of halogens is 1. The summed E-state index contributed by atoms with van der Waals surface area (Å²) in [4.78, 5) is 0. The Morgan fingerprint density at radius 3 is 2.13 bits per heavy atom. The van der Waals surface area contributed by atoms with Gasteiger partial charge in [-0.25, -0.2) is 0 Å². The van der Waals surface area contributed by atoms with Gasteiger partial charge in [0.05, 0.1) is 0 Å². The van der Waals surface area contributed by atoms with Gasteiger partial charge in [0.15, 0.2) is 0 Å². The second-order valence-corrected chi connectivity index (χ2v) is 6.34. The molecule has 0 spiro atoms. The molecule has 23 heavy (non-hydrogen) atoms. The molecule has 124 valence electrons. The van der Waals surface area contributed by atoms with Crippen LogP contribution in [-0.2, 0) is 21.7 Å². The minimum atomic E-state index is -0.854. The smallest absolute Gasteiger partial charge is 0.222 e. The van der Waals surface area contributed by atoms with E-state index in [-0.39, 0.29) is 0 Å². The molecular weight excluding hydrogens is 352 g/mol. The number of benzene rings is 2. The van der Waals surface area contributed by atoms with Crippen LogP contribution < -0.4 is 0 Å².